The van der Waals surface area contributed by atoms with Gasteiger partial charge in [0.15, 0.2) is 5.78 Å². The number of para-hydroxylation sites is 1. The van der Waals surface area contributed by atoms with E-state index in [0.717, 1.165) is 6.26 Å². The normalized spacial score (nSPS) is 11.0. The third-order valence-electron chi connectivity index (χ3n) is 3.76. The predicted octanol–water partition coefficient (Wildman–Crippen LogP) is 3.07. The van der Waals surface area contributed by atoms with Crippen LogP contribution in [0.5, 0.6) is 0 Å². The van der Waals surface area contributed by atoms with Gasteiger partial charge < -0.3 is 5.32 Å². The molecule has 0 unspecified atom stereocenters. The zero-order chi connectivity index (χ0) is 19.2. The summed E-state index contributed by atoms with van der Waals surface area (Å²) in [5.41, 5.74) is 1.64. The van der Waals surface area contributed by atoms with E-state index in [1.807, 2.05) is 6.07 Å². The molecule has 138 valence electrons. The molecule has 2 rings (SSSR count). The Labute approximate surface area is 153 Å². The number of nitrogens with one attached hydrogen (secondary N) is 1. The lowest BCUT2D eigenvalue weighted by Gasteiger charge is -2.22. The molecule has 2 aromatic carbocycles. The number of carbonyl (C=O) groups excluding carboxylic acids is 2. The summed E-state index contributed by atoms with van der Waals surface area (Å²) in [6.07, 6.45) is 1.69. The average molecular weight is 374 g/mol. The van der Waals surface area contributed by atoms with Crippen LogP contribution < -0.4 is 9.62 Å². The standard InChI is InChI=1S/C19H22N2O4S/c1-15(22)16-8-6-9-17(14-16)20-19(23)12-7-13-21(26(2,24)25)18-10-4-3-5-11-18/h3-6,8-11,14H,7,12-13H2,1-2H3,(H,20,23). The van der Waals surface area contributed by atoms with E-state index in [-0.39, 0.29) is 24.7 Å². The van der Waals surface area contributed by atoms with Gasteiger partial charge in [0.2, 0.25) is 15.9 Å². The summed E-state index contributed by atoms with van der Waals surface area (Å²) in [6, 6.07) is 15.5. The highest BCUT2D eigenvalue weighted by molar-refractivity contribution is 7.92. The first-order valence-corrected chi connectivity index (χ1v) is 10.1. The maximum atomic E-state index is 12.1. The first-order valence-electron chi connectivity index (χ1n) is 8.21. The number of nitrogens with zero attached hydrogens (tertiary/aromatic N) is 1. The lowest BCUT2D eigenvalue weighted by Crippen LogP contribution is -2.31. The molecule has 0 saturated heterocycles. The van der Waals surface area contributed by atoms with E-state index >= 15 is 0 Å². The molecule has 2 aromatic rings. The van der Waals surface area contributed by atoms with E-state index in [1.54, 1.807) is 48.5 Å². The number of benzene rings is 2. The number of hydrogen-bond acceptors (Lipinski definition) is 4. The fraction of sp³-hybridized carbons (Fsp3) is 0.263. The zero-order valence-corrected chi connectivity index (χ0v) is 15.6. The van der Waals surface area contributed by atoms with E-state index in [1.165, 1.54) is 11.2 Å². The maximum Gasteiger partial charge on any atom is 0.232 e. The molecule has 0 fully saturated rings. The largest absolute Gasteiger partial charge is 0.326 e. The summed E-state index contributed by atoms with van der Waals surface area (Å²) in [5, 5.41) is 2.73. The van der Waals surface area contributed by atoms with Crippen molar-refractivity contribution in [3.63, 3.8) is 0 Å². The van der Waals surface area contributed by atoms with Gasteiger partial charge in [0.1, 0.15) is 0 Å². The Morgan fingerprint density at radius 3 is 2.35 bits per heavy atom. The van der Waals surface area contributed by atoms with Crippen LogP contribution in [-0.2, 0) is 14.8 Å². The Bertz CT molecular complexity index is 879. The van der Waals surface area contributed by atoms with Gasteiger partial charge in [-0.15, -0.1) is 0 Å². The Morgan fingerprint density at radius 1 is 1.04 bits per heavy atom. The van der Waals surface area contributed by atoms with Crippen LogP contribution in [0.15, 0.2) is 54.6 Å². The molecule has 0 saturated carbocycles. The van der Waals surface area contributed by atoms with E-state index < -0.39 is 10.0 Å². The molecule has 7 heteroatoms. The van der Waals surface area contributed by atoms with Crippen LogP contribution in [0, 0.1) is 0 Å². The fourth-order valence-electron chi connectivity index (χ4n) is 2.50. The number of sulfonamides is 1. The lowest BCUT2D eigenvalue weighted by atomic mass is 10.1. The number of rotatable bonds is 8. The second kappa shape index (κ2) is 8.62. The minimum atomic E-state index is -3.43. The summed E-state index contributed by atoms with van der Waals surface area (Å²) < 4.78 is 25.3. The van der Waals surface area contributed by atoms with Crippen LogP contribution in [-0.4, -0.2) is 32.9 Å². The van der Waals surface area contributed by atoms with Crippen molar-refractivity contribution in [2.75, 3.05) is 22.4 Å². The minimum absolute atomic E-state index is 0.0762. The molecule has 26 heavy (non-hydrogen) atoms. The Balaban J connectivity index is 1.94. The van der Waals surface area contributed by atoms with E-state index in [0.29, 0.717) is 23.4 Å². The number of carbonyl (C=O) groups is 2. The molecule has 1 N–H and O–H groups in total. The van der Waals surface area contributed by atoms with Gasteiger partial charge in [-0.2, -0.15) is 0 Å². The average Bonchev–Trinajstić information content (AvgIpc) is 2.58. The van der Waals surface area contributed by atoms with Crippen molar-refractivity contribution in [2.24, 2.45) is 0 Å². The van der Waals surface area contributed by atoms with Gasteiger partial charge in [-0.25, -0.2) is 8.42 Å². The van der Waals surface area contributed by atoms with Gasteiger partial charge in [0, 0.05) is 24.2 Å². The van der Waals surface area contributed by atoms with Crippen LogP contribution in [0.4, 0.5) is 11.4 Å². The third kappa shape index (κ3) is 5.70. The molecular weight excluding hydrogens is 352 g/mol. The Kier molecular flexibility index (Phi) is 6.52. The molecule has 1 amide bonds. The monoisotopic (exact) mass is 374 g/mol. The molecule has 6 nitrogen and oxygen atoms in total. The Morgan fingerprint density at radius 2 is 1.73 bits per heavy atom. The molecule has 0 aliphatic rings. The van der Waals surface area contributed by atoms with Gasteiger partial charge >= 0.3 is 0 Å². The summed E-state index contributed by atoms with van der Waals surface area (Å²) in [5.74, 6) is -0.306. The SMILES string of the molecule is CC(=O)c1cccc(NC(=O)CCCN(c2ccccc2)S(C)(=O)=O)c1. The smallest absolute Gasteiger partial charge is 0.232 e. The first-order chi connectivity index (χ1) is 12.3. The van der Waals surface area contributed by atoms with Gasteiger partial charge in [-0.1, -0.05) is 30.3 Å². The molecule has 0 spiro atoms. The maximum absolute atomic E-state index is 12.1. The number of ketones is 1. The molecule has 0 aromatic heterocycles. The minimum Gasteiger partial charge on any atom is -0.326 e. The number of amides is 1. The van der Waals surface area contributed by atoms with Crippen molar-refractivity contribution in [1.29, 1.82) is 0 Å². The summed E-state index contributed by atoms with van der Waals surface area (Å²) in [4.78, 5) is 23.5. The van der Waals surface area contributed by atoms with Crippen molar-refractivity contribution in [2.45, 2.75) is 19.8 Å². The van der Waals surface area contributed by atoms with Crippen LogP contribution in [0.2, 0.25) is 0 Å². The predicted molar refractivity (Wildman–Crippen MR) is 103 cm³/mol. The molecule has 0 atom stereocenters. The van der Waals surface area contributed by atoms with Crippen LogP contribution in [0.3, 0.4) is 0 Å². The van der Waals surface area contributed by atoms with Crippen molar-refractivity contribution in [3.05, 3.63) is 60.2 Å². The van der Waals surface area contributed by atoms with Gasteiger partial charge in [-0.3, -0.25) is 13.9 Å². The highest BCUT2D eigenvalue weighted by atomic mass is 32.2. The van der Waals surface area contributed by atoms with Gasteiger partial charge in [0.05, 0.1) is 11.9 Å². The molecule has 0 bridgehead atoms. The topological polar surface area (TPSA) is 83.6 Å². The van der Waals surface area contributed by atoms with Crippen LogP contribution in [0.25, 0.3) is 0 Å². The van der Waals surface area contributed by atoms with E-state index in [2.05, 4.69) is 5.32 Å². The Hall–Kier alpha value is -2.67. The van der Waals surface area contributed by atoms with Gasteiger partial charge in [-0.05, 0) is 37.6 Å². The number of anilines is 2. The van der Waals surface area contributed by atoms with Crippen LogP contribution >= 0.6 is 0 Å². The van der Waals surface area contributed by atoms with Crippen LogP contribution in [0.1, 0.15) is 30.1 Å². The van der Waals surface area contributed by atoms with Crippen molar-refractivity contribution < 1.29 is 18.0 Å². The summed E-state index contributed by atoms with van der Waals surface area (Å²) >= 11 is 0. The molecule has 0 aliphatic carbocycles. The third-order valence-corrected chi connectivity index (χ3v) is 4.96. The van der Waals surface area contributed by atoms with Gasteiger partial charge in [0.25, 0.3) is 0 Å². The van der Waals surface area contributed by atoms with Crippen molar-refractivity contribution in [3.8, 4) is 0 Å². The summed E-state index contributed by atoms with van der Waals surface area (Å²) in [6.45, 7) is 1.67. The highest BCUT2D eigenvalue weighted by Gasteiger charge is 2.17. The lowest BCUT2D eigenvalue weighted by molar-refractivity contribution is -0.116. The number of Topliss-reactive ketones (excluding diaryl/α,β-unsaturated/α-hetero) is 1. The molecule has 0 radical (unpaired) electrons. The fourth-order valence-corrected chi connectivity index (χ4v) is 3.47. The molecule has 0 aliphatic heterocycles. The molecule has 0 heterocycles. The molecular formula is C19H22N2O4S. The summed E-state index contributed by atoms with van der Waals surface area (Å²) in [7, 11) is -3.43. The van der Waals surface area contributed by atoms with Crippen molar-refractivity contribution in [1.82, 2.24) is 0 Å². The zero-order valence-electron chi connectivity index (χ0n) is 14.8. The second-order valence-corrected chi connectivity index (χ2v) is 7.87. The van der Waals surface area contributed by atoms with E-state index in [9.17, 15) is 18.0 Å². The quantitative estimate of drug-likeness (QED) is 0.720. The second-order valence-electron chi connectivity index (χ2n) is 5.96. The van der Waals surface area contributed by atoms with E-state index in [4.69, 9.17) is 0 Å². The highest BCUT2D eigenvalue weighted by Crippen LogP contribution is 2.18. The first kappa shape index (κ1) is 19.7. The number of hydrogen-bond donors (Lipinski definition) is 1. The van der Waals surface area contributed by atoms with Crippen molar-refractivity contribution >= 4 is 33.1 Å².